The molecule has 1 saturated heterocycles. The first-order chi connectivity index (χ1) is 12.9. The van der Waals surface area contributed by atoms with Gasteiger partial charge in [-0.1, -0.05) is 12.1 Å². The largest absolute Gasteiger partial charge is 0.477 e. The Morgan fingerprint density at radius 1 is 1.26 bits per heavy atom. The monoisotopic (exact) mass is 374 g/mol. The fourth-order valence-electron chi connectivity index (χ4n) is 3.18. The lowest BCUT2D eigenvalue weighted by Gasteiger charge is -2.34. The van der Waals surface area contributed by atoms with E-state index in [2.05, 4.69) is 5.32 Å². The number of carbonyl (C=O) groups excluding carboxylic acids is 4. The van der Waals surface area contributed by atoms with Gasteiger partial charge in [0.1, 0.15) is 12.3 Å². The number of nitrogens with one attached hydrogen (secondary N) is 1. The van der Waals surface area contributed by atoms with Crippen molar-refractivity contribution < 1.29 is 23.9 Å². The normalized spacial score (nSPS) is 19.0. The van der Waals surface area contributed by atoms with Crippen molar-refractivity contribution in [3.05, 3.63) is 24.3 Å². The van der Waals surface area contributed by atoms with Crippen LogP contribution in [0.15, 0.2) is 24.3 Å². The lowest BCUT2D eigenvalue weighted by atomic mass is 10.1. The summed E-state index contributed by atoms with van der Waals surface area (Å²) in [6.07, 6.45) is -0.284. The van der Waals surface area contributed by atoms with Crippen LogP contribution in [0.25, 0.3) is 0 Å². The van der Waals surface area contributed by atoms with Crippen LogP contribution in [-0.2, 0) is 14.4 Å². The van der Waals surface area contributed by atoms with E-state index >= 15 is 0 Å². The van der Waals surface area contributed by atoms with Crippen molar-refractivity contribution >= 4 is 29.4 Å². The SMILES string of the molecule is CNC(=O)[C@H]1CN(C(=O)CCCN2C(=O)CN(C)C2=O)c2ccccc2O1. The first-order valence-electron chi connectivity index (χ1n) is 8.75. The molecule has 27 heavy (non-hydrogen) atoms. The smallest absolute Gasteiger partial charge is 0.326 e. The van der Waals surface area contributed by atoms with Crippen LogP contribution < -0.4 is 15.0 Å². The first-order valence-corrected chi connectivity index (χ1v) is 8.75. The molecule has 1 atom stereocenters. The number of imide groups is 1. The van der Waals surface area contributed by atoms with E-state index in [0.717, 1.165) is 4.90 Å². The molecule has 0 unspecified atom stereocenters. The summed E-state index contributed by atoms with van der Waals surface area (Å²) < 4.78 is 5.68. The molecule has 0 aromatic heterocycles. The number of carbonyl (C=O) groups is 4. The molecular formula is C18H22N4O5. The van der Waals surface area contributed by atoms with E-state index < -0.39 is 6.10 Å². The summed E-state index contributed by atoms with van der Waals surface area (Å²) in [6, 6.07) is 6.69. The molecule has 0 bridgehead atoms. The molecule has 5 amide bonds. The number of rotatable bonds is 5. The number of hydrogen-bond acceptors (Lipinski definition) is 5. The highest BCUT2D eigenvalue weighted by Crippen LogP contribution is 2.33. The van der Waals surface area contributed by atoms with Gasteiger partial charge in [-0.05, 0) is 18.6 Å². The summed E-state index contributed by atoms with van der Waals surface area (Å²) in [7, 11) is 3.08. The van der Waals surface area contributed by atoms with Crippen molar-refractivity contribution in [2.75, 3.05) is 38.6 Å². The quantitative estimate of drug-likeness (QED) is 0.743. The fourth-order valence-corrected chi connectivity index (χ4v) is 3.18. The number of amides is 5. The molecule has 3 rings (SSSR count). The Hall–Kier alpha value is -3.10. The van der Waals surface area contributed by atoms with E-state index in [1.54, 1.807) is 31.3 Å². The van der Waals surface area contributed by atoms with Gasteiger partial charge in [0.25, 0.3) is 5.91 Å². The molecule has 1 aromatic carbocycles. The van der Waals surface area contributed by atoms with Gasteiger partial charge >= 0.3 is 6.03 Å². The predicted molar refractivity (Wildman–Crippen MR) is 96.3 cm³/mol. The predicted octanol–water partition coefficient (Wildman–Crippen LogP) is 0.201. The van der Waals surface area contributed by atoms with E-state index in [-0.39, 0.29) is 49.8 Å². The lowest BCUT2D eigenvalue weighted by molar-refractivity contribution is -0.128. The maximum absolute atomic E-state index is 12.8. The molecule has 9 heteroatoms. The van der Waals surface area contributed by atoms with Crippen LogP contribution in [0, 0.1) is 0 Å². The highest BCUT2D eigenvalue weighted by Gasteiger charge is 2.35. The Morgan fingerprint density at radius 3 is 2.67 bits per heavy atom. The summed E-state index contributed by atoms with van der Waals surface area (Å²) in [5.41, 5.74) is 0.607. The lowest BCUT2D eigenvalue weighted by Crippen LogP contribution is -2.50. The van der Waals surface area contributed by atoms with Crippen molar-refractivity contribution in [3.63, 3.8) is 0 Å². The van der Waals surface area contributed by atoms with Gasteiger partial charge in [-0.2, -0.15) is 0 Å². The van der Waals surface area contributed by atoms with Crippen LogP contribution in [0.3, 0.4) is 0 Å². The molecule has 0 spiro atoms. The standard InChI is InChI=1S/C18H22N4O5/c1-19-17(25)14-10-22(12-6-3-4-7-13(12)27-14)15(23)8-5-9-21-16(24)11-20(2)18(21)26/h3-4,6-7,14H,5,8-11H2,1-2H3,(H,19,25)/t14-/m1/s1. The summed E-state index contributed by atoms with van der Waals surface area (Å²) >= 11 is 0. The topological polar surface area (TPSA) is 99.3 Å². The summed E-state index contributed by atoms with van der Waals surface area (Å²) in [6.45, 7) is 0.371. The zero-order valence-corrected chi connectivity index (χ0v) is 15.3. The number of para-hydroxylation sites is 2. The van der Waals surface area contributed by atoms with E-state index in [1.165, 1.54) is 16.8 Å². The van der Waals surface area contributed by atoms with Gasteiger partial charge in [0.15, 0.2) is 6.10 Å². The Bertz CT molecular complexity index is 781. The van der Waals surface area contributed by atoms with E-state index in [0.29, 0.717) is 17.9 Å². The van der Waals surface area contributed by atoms with Crippen molar-refractivity contribution in [3.8, 4) is 5.75 Å². The Labute approximate surface area is 156 Å². The number of urea groups is 1. The van der Waals surface area contributed by atoms with Gasteiger partial charge < -0.3 is 19.9 Å². The highest BCUT2D eigenvalue weighted by molar-refractivity contribution is 6.02. The Morgan fingerprint density at radius 2 is 2.00 bits per heavy atom. The minimum Gasteiger partial charge on any atom is -0.477 e. The molecule has 0 radical (unpaired) electrons. The van der Waals surface area contributed by atoms with Crippen molar-refractivity contribution in [1.82, 2.24) is 15.1 Å². The Kier molecular flexibility index (Phi) is 5.29. The number of ether oxygens (including phenoxy) is 1. The van der Waals surface area contributed by atoms with Crippen molar-refractivity contribution in [2.45, 2.75) is 18.9 Å². The van der Waals surface area contributed by atoms with E-state index in [9.17, 15) is 19.2 Å². The Balaban J connectivity index is 1.65. The van der Waals surface area contributed by atoms with Crippen molar-refractivity contribution in [1.29, 1.82) is 0 Å². The van der Waals surface area contributed by atoms with Gasteiger partial charge in [-0.15, -0.1) is 0 Å². The molecule has 0 saturated carbocycles. The van der Waals surface area contributed by atoms with Gasteiger partial charge in [0, 0.05) is 27.1 Å². The van der Waals surface area contributed by atoms with Gasteiger partial charge in [0.2, 0.25) is 11.8 Å². The summed E-state index contributed by atoms with van der Waals surface area (Å²) in [5.74, 6) is -0.283. The average Bonchev–Trinajstić information content (AvgIpc) is 2.92. The van der Waals surface area contributed by atoms with Crippen LogP contribution in [0.1, 0.15) is 12.8 Å². The fraction of sp³-hybridized carbons (Fsp3) is 0.444. The molecule has 9 nitrogen and oxygen atoms in total. The summed E-state index contributed by atoms with van der Waals surface area (Å²) in [5, 5.41) is 2.53. The number of anilines is 1. The van der Waals surface area contributed by atoms with Crippen LogP contribution in [0.5, 0.6) is 5.75 Å². The average molecular weight is 374 g/mol. The third-order valence-corrected chi connectivity index (χ3v) is 4.62. The number of likely N-dealkylation sites (N-methyl/N-ethyl adjacent to an activating group) is 2. The second-order valence-electron chi connectivity index (χ2n) is 6.48. The summed E-state index contributed by atoms with van der Waals surface area (Å²) in [4.78, 5) is 52.4. The van der Waals surface area contributed by atoms with Crippen LogP contribution in [0.2, 0.25) is 0 Å². The zero-order chi connectivity index (χ0) is 19.6. The molecule has 2 aliphatic rings. The van der Waals surface area contributed by atoms with E-state index in [1.807, 2.05) is 0 Å². The molecule has 144 valence electrons. The van der Waals surface area contributed by atoms with Gasteiger partial charge in [0.05, 0.1) is 12.2 Å². The molecule has 1 fully saturated rings. The zero-order valence-electron chi connectivity index (χ0n) is 15.3. The second-order valence-corrected chi connectivity index (χ2v) is 6.48. The van der Waals surface area contributed by atoms with Gasteiger partial charge in [-0.25, -0.2) is 4.79 Å². The van der Waals surface area contributed by atoms with E-state index in [4.69, 9.17) is 4.74 Å². The number of benzene rings is 1. The number of nitrogens with zero attached hydrogens (tertiary/aromatic N) is 3. The molecule has 1 N–H and O–H groups in total. The molecule has 1 aromatic rings. The molecular weight excluding hydrogens is 352 g/mol. The minimum atomic E-state index is -0.788. The molecule has 2 aliphatic heterocycles. The minimum absolute atomic E-state index is 0.0669. The van der Waals surface area contributed by atoms with Crippen LogP contribution in [0.4, 0.5) is 10.5 Å². The highest BCUT2D eigenvalue weighted by atomic mass is 16.5. The second kappa shape index (κ2) is 7.65. The van der Waals surface area contributed by atoms with Crippen LogP contribution in [-0.4, -0.2) is 73.4 Å². The van der Waals surface area contributed by atoms with Gasteiger partial charge in [-0.3, -0.25) is 19.3 Å². The van der Waals surface area contributed by atoms with Crippen LogP contribution >= 0.6 is 0 Å². The third kappa shape index (κ3) is 3.71. The molecule has 2 heterocycles. The third-order valence-electron chi connectivity index (χ3n) is 4.62. The maximum atomic E-state index is 12.8. The first kappa shape index (κ1) is 18.7. The number of fused-ring (bicyclic) bond motifs is 1. The molecule has 0 aliphatic carbocycles. The maximum Gasteiger partial charge on any atom is 0.326 e. The van der Waals surface area contributed by atoms with Crippen molar-refractivity contribution in [2.24, 2.45) is 0 Å². The number of hydrogen-bond donors (Lipinski definition) is 1.